The average Bonchev–Trinajstić information content (AvgIpc) is 3.71. The summed E-state index contributed by atoms with van der Waals surface area (Å²) in [6.07, 6.45) is 1.39. The molecule has 0 unspecified atom stereocenters. The molecule has 0 bridgehead atoms. The lowest BCUT2D eigenvalue weighted by Gasteiger charge is -2.25. The number of hydrogen-bond acceptors (Lipinski definition) is 5. The number of sulfonamides is 1. The fraction of sp³-hybridized carbons (Fsp3) is 0.296. The number of ether oxygens (including phenoxy) is 2. The van der Waals surface area contributed by atoms with Crippen molar-refractivity contribution < 1.29 is 22.7 Å². The van der Waals surface area contributed by atoms with E-state index in [1.807, 2.05) is 44.2 Å². The number of amides is 1. The molecule has 1 saturated carbocycles. The number of methoxy groups -OCH3 is 2. The van der Waals surface area contributed by atoms with Crippen LogP contribution in [0.5, 0.6) is 11.5 Å². The Morgan fingerprint density at radius 2 is 1.66 bits per heavy atom. The number of aryl methyl sites for hydroxylation is 2. The summed E-state index contributed by atoms with van der Waals surface area (Å²) in [7, 11) is -0.411. The maximum Gasteiger partial charge on any atom is 0.259 e. The van der Waals surface area contributed by atoms with E-state index in [4.69, 9.17) is 9.47 Å². The van der Waals surface area contributed by atoms with E-state index in [1.54, 1.807) is 30.3 Å². The Morgan fingerprint density at radius 1 is 0.943 bits per heavy atom. The van der Waals surface area contributed by atoms with Crippen molar-refractivity contribution in [2.45, 2.75) is 38.5 Å². The van der Waals surface area contributed by atoms with E-state index >= 15 is 0 Å². The van der Waals surface area contributed by atoms with Crippen molar-refractivity contribution in [1.82, 2.24) is 0 Å². The normalized spacial score (nSPS) is 13.3. The minimum Gasteiger partial charge on any atom is -0.497 e. The van der Waals surface area contributed by atoms with Crippen molar-refractivity contribution in [3.05, 3.63) is 82.9 Å². The monoisotopic (exact) mass is 494 g/mol. The minimum absolute atomic E-state index is 0.221. The molecule has 35 heavy (non-hydrogen) atoms. The largest absolute Gasteiger partial charge is 0.497 e. The van der Waals surface area contributed by atoms with Crippen molar-refractivity contribution >= 4 is 27.3 Å². The molecule has 0 heterocycles. The number of nitrogens with one attached hydrogen (secondary N) is 1. The zero-order valence-corrected chi connectivity index (χ0v) is 21.2. The highest BCUT2D eigenvalue weighted by molar-refractivity contribution is 7.93. The molecule has 1 aliphatic rings. The van der Waals surface area contributed by atoms with Gasteiger partial charge in [0.15, 0.2) is 0 Å². The van der Waals surface area contributed by atoms with Crippen LogP contribution in [0.1, 0.15) is 39.9 Å². The Labute approximate surface area is 206 Å². The van der Waals surface area contributed by atoms with Crippen LogP contribution < -0.4 is 19.1 Å². The molecule has 184 valence electrons. The first-order chi connectivity index (χ1) is 16.7. The standard InChI is InChI=1S/C27H30N2O5S/c1-18-5-10-22(15-19(18)2)29(35(31,32)24-12-13-24)17-20-6-8-21(9-7-20)28-27(30)25-16-23(33-3)11-14-26(25)34-4/h5-11,14-16,24H,12-13,17H2,1-4H3,(H,28,30). The summed E-state index contributed by atoms with van der Waals surface area (Å²) in [6, 6.07) is 17.9. The summed E-state index contributed by atoms with van der Waals surface area (Å²) in [4.78, 5) is 12.8. The third-order valence-electron chi connectivity index (χ3n) is 6.22. The SMILES string of the molecule is COc1ccc(OC)c(C(=O)Nc2ccc(CN(c3ccc(C)c(C)c3)S(=O)(=O)C3CC3)cc2)c1. The van der Waals surface area contributed by atoms with Crippen LogP contribution in [0.3, 0.4) is 0 Å². The smallest absolute Gasteiger partial charge is 0.259 e. The van der Waals surface area contributed by atoms with E-state index < -0.39 is 10.0 Å². The van der Waals surface area contributed by atoms with E-state index in [9.17, 15) is 13.2 Å². The second-order valence-corrected chi connectivity index (χ2v) is 10.9. The number of carbonyl (C=O) groups excluding carboxylic acids is 1. The molecular formula is C27H30N2O5S. The average molecular weight is 495 g/mol. The minimum atomic E-state index is -3.45. The van der Waals surface area contributed by atoms with Crippen molar-refractivity contribution in [2.24, 2.45) is 0 Å². The second-order valence-electron chi connectivity index (χ2n) is 8.74. The highest BCUT2D eigenvalue weighted by Gasteiger charge is 2.40. The van der Waals surface area contributed by atoms with E-state index in [0.29, 0.717) is 41.3 Å². The molecule has 1 N–H and O–H groups in total. The summed E-state index contributed by atoms with van der Waals surface area (Å²) < 4.78 is 38.5. The fourth-order valence-corrected chi connectivity index (χ4v) is 5.63. The lowest BCUT2D eigenvalue weighted by Crippen LogP contribution is -2.33. The van der Waals surface area contributed by atoms with Gasteiger partial charge in [-0.1, -0.05) is 18.2 Å². The van der Waals surface area contributed by atoms with Crippen molar-refractivity contribution in [3.8, 4) is 11.5 Å². The Bertz CT molecular complexity index is 1330. The second kappa shape index (κ2) is 10.00. The first-order valence-electron chi connectivity index (χ1n) is 11.4. The number of anilines is 2. The molecule has 0 aromatic heterocycles. The number of rotatable bonds is 9. The molecule has 0 spiro atoms. The molecule has 7 nitrogen and oxygen atoms in total. The number of carbonyl (C=O) groups is 1. The molecular weight excluding hydrogens is 464 g/mol. The first kappa shape index (κ1) is 24.6. The van der Waals surface area contributed by atoms with Gasteiger partial charge in [0.05, 0.1) is 37.3 Å². The molecule has 8 heteroatoms. The quantitative estimate of drug-likeness (QED) is 0.449. The zero-order valence-electron chi connectivity index (χ0n) is 20.4. The molecule has 0 radical (unpaired) electrons. The van der Waals surface area contributed by atoms with Gasteiger partial charge in [0.1, 0.15) is 11.5 Å². The highest BCUT2D eigenvalue weighted by atomic mass is 32.2. The number of hydrogen-bond donors (Lipinski definition) is 1. The Kier molecular flexibility index (Phi) is 7.03. The predicted molar refractivity (Wildman–Crippen MR) is 138 cm³/mol. The van der Waals surface area contributed by atoms with Gasteiger partial charge in [-0.2, -0.15) is 0 Å². The molecule has 0 saturated heterocycles. The van der Waals surface area contributed by atoms with Gasteiger partial charge in [-0.05, 0) is 85.8 Å². The van der Waals surface area contributed by atoms with E-state index in [-0.39, 0.29) is 17.7 Å². The van der Waals surface area contributed by atoms with Crippen molar-refractivity contribution in [3.63, 3.8) is 0 Å². The third kappa shape index (κ3) is 5.43. The van der Waals surface area contributed by atoms with Crippen molar-refractivity contribution in [1.29, 1.82) is 0 Å². The molecule has 1 fully saturated rings. The number of benzene rings is 3. The Hall–Kier alpha value is -3.52. The van der Waals surface area contributed by atoms with Gasteiger partial charge in [-0.3, -0.25) is 9.10 Å². The zero-order chi connectivity index (χ0) is 25.2. The van der Waals surface area contributed by atoms with E-state index in [0.717, 1.165) is 16.7 Å². The van der Waals surface area contributed by atoms with Crippen LogP contribution in [0.2, 0.25) is 0 Å². The van der Waals surface area contributed by atoms with Crippen LogP contribution in [0.15, 0.2) is 60.7 Å². The highest BCUT2D eigenvalue weighted by Crippen LogP contribution is 2.35. The molecule has 0 aliphatic heterocycles. The van der Waals surface area contributed by atoms with E-state index in [1.165, 1.54) is 18.5 Å². The van der Waals surface area contributed by atoms with Gasteiger partial charge < -0.3 is 14.8 Å². The van der Waals surface area contributed by atoms with Gasteiger partial charge in [-0.15, -0.1) is 0 Å². The first-order valence-corrected chi connectivity index (χ1v) is 12.9. The van der Waals surface area contributed by atoms with Crippen LogP contribution >= 0.6 is 0 Å². The lowest BCUT2D eigenvalue weighted by molar-refractivity contribution is 0.102. The van der Waals surface area contributed by atoms with Crippen LogP contribution in [0.25, 0.3) is 0 Å². The number of nitrogens with zero attached hydrogens (tertiary/aromatic N) is 1. The van der Waals surface area contributed by atoms with Gasteiger partial charge in [0.2, 0.25) is 10.0 Å². The summed E-state index contributed by atoms with van der Waals surface area (Å²) in [5.74, 6) is 0.658. The summed E-state index contributed by atoms with van der Waals surface area (Å²) in [5, 5.41) is 2.54. The van der Waals surface area contributed by atoms with Gasteiger partial charge in [0, 0.05) is 5.69 Å². The van der Waals surface area contributed by atoms with Gasteiger partial charge in [-0.25, -0.2) is 8.42 Å². The fourth-order valence-electron chi connectivity index (χ4n) is 3.80. The maximum absolute atomic E-state index is 13.2. The maximum atomic E-state index is 13.2. The molecule has 1 aliphatic carbocycles. The summed E-state index contributed by atoms with van der Waals surface area (Å²) >= 11 is 0. The topological polar surface area (TPSA) is 84.9 Å². The Morgan fingerprint density at radius 3 is 2.26 bits per heavy atom. The van der Waals surface area contributed by atoms with Crippen LogP contribution in [0, 0.1) is 13.8 Å². The van der Waals surface area contributed by atoms with Crippen molar-refractivity contribution in [2.75, 3.05) is 23.8 Å². The Balaban J connectivity index is 1.54. The lowest BCUT2D eigenvalue weighted by atomic mass is 10.1. The van der Waals surface area contributed by atoms with Gasteiger partial charge >= 0.3 is 0 Å². The molecule has 1 amide bonds. The predicted octanol–water partition coefficient (Wildman–Crippen LogP) is 5.07. The molecule has 3 aromatic rings. The molecule has 3 aromatic carbocycles. The molecule has 4 rings (SSSR count). The molecule has 0 atom stereocenters. The van der Waals surface area contributed by atoms with Gasteiger partial charge in [0.25, 0.3) is 5.91 Å². The summed E-state index contributed by atoms with van der Waals surface area (Å²) in [5.41, 5.74) is 4.60. The van der Waals surface area contributed by atoms with Crippen LogP contribution in [-0.2, 0) is 16.6 Å². The third-order valence-corrected chi connectivity index (χ3v) is 8.49. The van der Waals surface area contributed by atoms with E-state index in [2.05, 4.69) is 5.32 Å². The van der Waals surface area contributed by atoms with Crippen LogP contribution in [-0.4, -0.2) is 33.8 Å². The summed E-state index contributed by atoms with van der Waals surface area (Å²) in [6.45, 7) is 4.21. The van der Waals surface area contributed by atoms with Crippen LogP contribution in [0.4, 0.5) is 11.4 Å².